The van der Waals surface area contributed by atoms with Gasteiger partial charge in [-0.25, -0.2) is 13.1 Å². The van der Waals surface area contributed by atoms with Crippen molar-refractivity contribution in [3.05, 3.63) is 30.1 Å². The van der Waals surface area contributed by atoms with Crippen LogP contribution < -0.4 is 10.0 Å². The second-order valence-corrected chi connectivity index (χ2v) is 6.96. The van der Waals surface area contributed by atoms with Crippen LogP contribution in [-0.2, 0) is 10.0 Å². The Bertz CT molecular complexity index is 597. The highest BCUT2D eigenvalue weighted by Gasteiger charge is 2.15. The summed E-state index contributed by atoms with van der Waals surface area (Å²) in [6, 6.07) is 1.61. The summed E-state index contributed by atoms with van der Waals surface area (Å²) in [7, 11) is -3.48. The van der Waals surface area contributed by atoms with Crippen LogP contribution in [0.25, 0.3) is 0 Å². The molecule has 1 aromatic rings. The van der Waals surface area contributed by atoms with Gasteiger partial charge in [-0.3, -0.25) is 4.98 Å². The van der Waals surface area contributed by atoms with Gasteiger partial charge in [0, 0.05) is 19.3 Å². The standard InChI is InChI=1S/C15H23N3O2S/c1-2-17-14-10-15(12-16-11-14)21(19,20)18-9-8-13-6-4-3-5-7-13/h6,10-12,17-18H,2-5,7-9H2,1H3. The number of hydrogen-bond acceptors (Lipinski definition) is 4. The lowest BCUT2D eigenvalue weighted by Gasteiger charge is -2.13. The van der Waals surface area contributed by atoms with E-state index in [1.165, 1.54) is 24.6 Å². The second-order valence-electron chi connectivity index (χ2n) is 5.20. The van der Waals surface area contributed by atoms with Gasteiger partial charge in [0.05, 0.1) is 11.9 Å². The van der Waals surface area contributed by atoms with Crippen LogP contribution in [0.3, 0.4) is 0 Å². The van der Waals surface area contributed by atoms with Gasteiger partial charge < -0.3 is 5.32 Å². The first-order valence-electron chi connectivity index (χ1n) is 7.48. The zero-order valence-electron chi connectivity index (χ0n) is 12.4. The molecular weight excluding hydrogens is 286 g/mol. The molecule has 6 heteroatoms. The number of pyridine rings is 1. The van der Waals surface area contributed by atoms with Gasteiger partial charge in [0.15, 0.2) is 0 Å². The molecule has 0 aromatic carbocycles. The normalized spacial score (nSPS) is 15.6. The van der Waals surface area contributed by atoms with Crippen molar-refractivity contribution in [1.29, 1.82) is 0 Å². The monoisotopic (exact) mass is 309 g/mol. The quantitative estimate of drug-likeness (QED) is 0.760. The maximum absolute atomic E-state index is 12.2. The van der Waals surface area contributed by atoms with Crippen LogP contribution >= 0.6 is 0 Å². The highest BCUT2D eigenvalue weighted by Crippen LogP contribution is 2.20. The van der Waals surface area contributed by atoms with Gasteiger partial charge in [0.1, 0.15) is 4.90 Å². The third kappa shape index (κ3) is 4.82. The Morgan fingerprint density at radius 1 is 1.29 bits per heavy atom. The van der Waals surface area contributed by atoms with Gasteiger partial charge >= 0.3 is 0 Å². The number of hydrogen-bond donors (Lipinski definition) is 2. The predicted molar refractivity (Wildman–Crippen MR) is 84.8 cm³/mol. The van der Waals surface area contributed by atoms with Crippen LogP contribution in [0.4, 0.5) is 5.69 Å². The Kier molecular flexibility index (Phi) is 5.76. The van der Waals surface area contributed by atoms with Gasteiger partial charge in [0.2, 0.25) is 10.0 Å². The minimum atomic E-state index is -3.48. The van der Waals surface area contributed by atoms with Crippen molar-refractivity contribution in [3.8, 4) is 0 Å². The van der Waals surface area contributed by atoms with Crippen LogP contribution in [0.2, 0.25) is 0 Å². The number of rotatable bonds is 7. The SMILES string of the molecule is CCNc1cncc(S(=O)(=O)NCCC2=CCCCC2)c1. The molecule has 2 rings (SSSR count). The van der Waals surface area contributed by atoms with Gasteiger partial charge in [-0.1, -0.05) is 11.6 Å². The topological polar surface area (TPSA) is 71.1 Å². The summed E-state index contributed by atoms with van der Waals surface area (Å²) in [6.45, 7) is 3.13. The Morgan fingerprint density at radius 2 is 2.14 bits per heavy atom. The molecule has 116 valence electrons. The summed E-state index contributed by atoms with van der Waals surface area (Å²) in [5.41, 5.74) is 2.08. The van der Waals surface area contributed by atoms with Crippen LogP contribution in [0, 0.1) is 0 Å². The Hall–Kier alpha value is -1.40. The molecule has 1 aliphatic rings. The van der Waals surface area contributed by atoms with Crippen molar-refractivity contribution >= 4 is 15.7 Å². The maximum Gasteiger partial charge on any atom is 0.242 e. The fourth-order valence-electron chi connectivity index (χ4n) is 2.43. The van der Waals surface area contributed by atoms with Gasteiger partial charge in [-0.2, -0.15) is 0 Å². The summed E-state index contributed by atoms with van der Waals surface area (Å²) in [5, 5.41) is 3.06. The van der Waals surface area contributed by atoms with Gasteiger partial charge in [0.25, 0.3) is 0 Å². The molecule has 0 atom stereocenters. The Labute approximate surface area is 126 Å². The first-order chi connectivity index (χ1) is 10.1. The maximum atomic E-state index is 12.2. The summed E-state index contributed by atoms with van der Waals surface area (Å²) in [6.07, 6.45) is 10.7. The van der Waals surface area contributed by atoms with Crippen LogP contribution in [0.15, 0.2) is 35.0 Å². The molecule has 0 saturated heterocycles. The molecule has 0 saturated carbocycles. The van der Waals surface area contributed by atoms with Crippen molar-refractivity contribution in [2.45, 2.75) is 43.9 Å². The molecule has 21 heavy (non-hydrogen) atoms. The third-order valence-corrected chi connectivity index (χ3v) is 4.96. The molecule has 0 spiro atoms. The zero-order valence-corrected chi connectivity index (χ0v) is 13.2. The van der Waals surface area contributed by atoms with E-state index in [1.54, 1.807) is 12.3 Å². The molecule has 0 aliphatic heterocycles. The lowest BCUT2D eigenvalue weighted by atomic mass is 9.97. The molecule has 0 amide bonds. The summed E-state index contributed by atoms with van der Waals surface area (Å²) < 4.78 is 27.1. The minimum absolute atomic E-state index is 0.207. The summed E-state index contributed by atoms with van der Waals surface area (Å²) >= 11 is 0. The van der Waals surface area contributed by atoms with Crippen LogP contribution in [0.5, 0.6) is 0 Å². The van der Waals surface area contributed by atoms with E-state index in [4.69, 9.17) is 0 Å². The molecule has 5 nitrogen and oxygen atoms in total. The molecule has 0 radical (unpaired) electrons. The molecule has 0 fully saturated rings. The number of sulfonamides is 1. The highest BCUT2D eigenvalue weighted by molar-refractivity contribution is 7.89. The lowest BCUT2D eigenvalue weighted by molar-refractivity contribution is 0.579. The number of aromatic nitrogens is 1. The van der Waals surface area contributed by atoms with E-state index in [1.807, 2.05) is 6.92 Å². The van der Waals surface area contributed by atoms with E-state index in [2.05, 4.69) is 21.1 Å². The van der Waals surface area contributed by atoms with E-state index < -0.39 is 10.0 Å². The van der Waals surface area contributed by atoms with E-state index in [9.17, 15) is 8.42 Å². The fourth-order valence-corrected chi connectivity index (χ4v) is 3.45. The molecule has 1 aliphatic carbocycles. The van der Waals surface area contributed by atoms with Crippen LogP contribution in [0.1, 0.15) is 39.0 Å². The van der Waals surface area contributed by atoms with E-state index in [-0.39, 0.29) is 4.90 Å². The van der Waals surface area contributed by atoms with E-state index in [0.717, 1.165) is 31.5 Å². The van der Waals surface area contributed by atoms with Crippen molar-refractivity contribution in [1.82, 2.24) is 9.71 Å². The molecule has 1 aromatic heterocycles. The van der Waals surface area contributed by atoms with Crippen LogP contribution in [-0.4, -0.2) is 26.5 Å². The van der Waals surface area contributed by atoms with Crippen molar-refractivity contribution in [3.63, 3.8) is 0 Å². The van der Waals surface area contributed by atoms with Crippen molar-refractivity contribution in [2.24, 2.45) is 0 Å². The molecular formula is C15H23N3O2S. The molecule has 0 bridgehead atoms. The first kappa shape index (κ1) is 16.0. The average molecular weight is 309 g/mol. The smallest absolute Gasteiger partial charge is 0.242 e. The van der Waals surface area contributed by atoms with Gasteiger partial charge in [-0.15, -0.1) is 0 Å². The molecule has 2 N–H and O–H groups in total. The van der Waals surface area contributed by atoms with Crippen molar-refractivity contribution in [2.75, 3.05) is 18.4 Å². The second kappa shape index (κ2) is 7.56. The predicted octanol–water partition coefficient (Wildman–Crippen LogP) is 2.68. The Morgan fingerprint density at radius 3 is 2.86 bits per heavy atom. The Balaban J connectivity index is 1.94. The number of allylic oxidation sites excluding steroid dienone is 1. The first-order valence-corrected chi connectivity index (χ1v) is 8.96. The fraction of sp³-hybridized carbons (Fsp3) is 0.533. The largest absolute Gasteiger partial charge is 0.384 e. The third-order valence-electron chi connectivity index (χ3n) is 3.53. The summed E-state index contributed by atoms with van der Waals surface area (Å²) in [5.74, 6) is 0. The lowest BCUT2D eigenvalue weighted by Crippen LogP contribution is -2.25. The zero-order chi connectivity index (χ0) is 15.1. The average Bonchev–Trinajstić information content (AvgIpc) is 2.49. The number of nitrogens with one attached hydrogen (secondary N) is 2. The summed E-state index contributed by atoms with van der Waals surface area (Å²) in [4.78, 5) is 4.18. The van der Waals surface area contributed by atoms with E-state index >= 15 is 0 Å². The number of nitrogens with zero attached hydrogens (tertiary/aromatic N) is 1. The van der Waals surface area contributed by atoms with E-state index in [0.29, 0.717) is 6.54 Å². The van der Waals surface area contributed by atoms with Gasteiger partial charge in [-0.05, 0) is 45.1 Å². The van der Waals surface area contributed by atoms with Crippen molar-refractivity contribution < 1.29 is 8.42 Å². The minimum Gasteiger partial charge on any atom is -0.384 e. The highest BCUT2D eigenvalue weighted by atomic mass is 32.2. The molecule has 0 unspecified atom stereocenters. The number of anilines is 1. The molecule has 1 heterocycles.